The van der Waals surface area contributed by atoms with E-state index < -0.39 is 48.4 Å². The number of rotatable bonds is 11. The molecule has 0 aliphatic carbocycles. The standard InChI is InChI=1S/C17H24N4O5S2/c18-11(8-27)15(24)21-13(9-28)17(26)20-12(16(25)19-7-14(22)23)6-10-4-2-1-3-5-10/h1-5,11-13,27-28H,6-9,18H2,(H,19,25)(H,20,26)(H,21,24)(H,22,23). The van der Waals surface area contributed by atoms with Crippen molar-refractivity contribution in [2.45, 2.75) is 24.5 Å². The Morgan fingerprint density at radius 2 is 1.54 bits per heavy atom. The lowest BCUT2D eigenvalue weighted by molar-refractivity contribution is -0.138. The molecule has 0 spiro atoms. The Morgan fingerprint density at radius 1 is 0.929 bits per heavy atom. The third-order valence-corrected chi connectivity index (χ3v) is 4.44. The van der Waals surface area contributed by atoms with Crippen molar-refractivity contribution >= 4 is 48.9 Å². The van der Waals surface area contributed by atoms with Crippen molar-refractivity contribution in [2.75, 3.05) is 18.1 Å². The maximum Gasteiger partial charge on any atom is 0.322 e. The maximum absolute atomic E-state index is 12.5. The van der Waals surface area contributed by atoms with Crippen molar-refractivity contribution in [2.24, 2.45) is 5.73 Å². The lowest BCUT2D eigenvalue weighted by atomic mass is 10.0. The molecule has 0 fully saturated rings. The van der Waals surface area contributed by atoms with Crippen molar-refractivity contribution in [3.05, 3.63) is 35.9 Å². The first-order valence-corrected chi connectivity index (χ1v) is 9.66. The summed E-state index contributed by atoms with van der Waals surface area (Å²) in [4.78, 5) is 47.5. The zero-order valence-electron chi connectivity index (χ0n) is 15.0. The lowest BCUT2D eigenvalue weighted by Crippen LogP contribution is -2.57. The molecule has 1 rings (SSSR count). The van der Waals surface area contributed by atoms with E-state index in [1.54, 1.807) is 30.3 Å². The number of benzene rings is 1. The fourth-order valence-corrected chi connectivity index (χ4v) is 2.60. The first kappa shape index (κ1) is 23.8. The van der Waals surface area contributed by atoms with Gasteiger partial charge in [-0.25, -0.2) is 0 Å². The van der Waals surface area contributed by atoms with E-state index in [-0.39, 0.29) is 17.9 Å². The number of carboxylic acids is 1. The number of carboxylic acid groups (broad SMARTS) is 1. The molecule has 0 aliphatic heterocycles. The van der Waals surface area contributed by atoms with Crippen LogP contribution in [0, 0.1) is 0 Å². The van der Waals surface area contributed by atoms with Gasteiger partial charge in [0.2, 0.25) is 17.7 Å². The van der Waals surface area contributed by atoms with Crippen molar-refractivity contribution in [1.82, 2.24) is 16.0 Å². The van der Waals surface area contributed by atoms with Crippen LogP contribution in [-0.4, -0.2) is 65.0 Å². The normalized spacial score (nSPS) is 13.7. The van der Waals surface area contributed by atoms with Gasteiger partial charge in [0, 0.05) is 17.9 Å². The molecule has 154 valence electrons. The van der Waals surface area contributed by atoms with Crippen molar-refractivity contribution in [3.63, 3.8) is 0 Å². The minimum Gasteiger partial charge on any atom is -0.480 e. The molecule has 11 heteroatoms. The van der Waals surface area contributed by atoms with Gasteiger partial charge in [-0.15, -0.1) is 0 Å². The Morgan fingerprint density at radius 3 is 2.07 bits per heavy atom. The molecule has 1 aromatic rings. The molecular weight excluding hydrogens is 404 g/mol. The number of thiol groups is 2. The van der Waals surface area contributed by atoms with E-state index in [0.29, 0.717) is 0 Å². The number of hydrogen-bond donors (Lipinski definition) is 7. The molecule has 28 heavy (non-hydrogen) atoms. The van der Waals surface area contributed by atoms with E-state index in [0.717, 1.165) is 5.56 Å². The van der Waals surface area contributed by atoms with Gasteiger partial charge in [0.05, 0.1) is 6.04 Å². The van der Waals surface area contributed by atoms with Gasteiger partial charge in [0.25, 0.3) is 0 Å². The summed E-state index contributed by atoms with van der Waals surface area (Å²) in [7, 11) is 0. The Labute approximate surface area is 173 Å². The van der Waals surface area contributed by atoms with Crippen LogP contribution in [0.3, 0.4) is 0 Å². The van der Waals surface area contributed by atoms with Gasteiger partial charge in [-0.1, -0.05) is 30.3 Å². The van der Waals surface area contributed by atoms with Gasteiger partial charge < -0.3 is 26.8 Å². The van der Waals surface area contributed by atoms with Crippen LogP contribution in [0.15, 0.2) is 30.3 Å². The van der Waals surface area contributed by atoms with Crippen LogP contribution in [0.2, 0.25) is 0 Å². The highest BCUT2D eigenvalue weighted by molar-refractivity contribution is 7.80. The van der Waals surface area contributed by atoms with E-state index in [4.69, 9.17) is 10.8 Å². The summed E-state index contributed by atoms with van der Waals surface area (Å²) < 4.78 is 0. The smallest absolute Gasteiger partial charge is 0.322 e. The first-order valence-electron chi connectivity index (χ1n) is 8.40. The van der Waals surface area contributed by atoms with Crippen LogP contribution in [-0.2, 0) is 25.6 Å². The molecule has 0 heterocycles. The average Bonchev–Trinajstić information content (AvgIpc) is 2.69. The largest absolute Gasteiger partial charge is 0.480 e. The third kappa shape index (κ3) is 8.19. The van der Waals surface area contributed by atoms with Crippen LogP contribution in [0.5, 0.6) is 0 Å². The zero-order chi connectivity index (χ0) is 21.1. The maximum atomic E-state index is 12.5. The number of carbonyl (C=O) groups is 4. The second kappa shape index (κ2) is 12.3. The van der Waals surface area contributed by atoms with Crippen LogP contribution < -0.4 is 21.7 Å². The highest BCUT2D eigenvalue weighted by Crippen LogP contribution is 2.04. The summed E-state index contributed by atoms with van der Waals surface area (Å²) in [6.07, 6.45) is 0.140. The van der Waals surface area contributed by atoms with E-state index in [2.05, 4.69) is 41.2 Å². The van der Waals surface area contributed by atoms with Gasteiger partial charge in [0.15, 0.2) is 0 Å². The molecule has 3 amide bonds. The molecule has 0 aromatic heterocycles. The minimum absolute atomic E-state index is 0.0222. The fraction of sp³-hybridized carbons (Fsp3) is 0.412. The van der Waals surface area contributed by atoms with Crippen molar-refractivity contribution in [1.29, 1.82) is 0 Å². The van der Waals surface area contributed by atoms with Gasteiger partial charge in [-0.3, -0.25) is 19.2 Å². The second-order valence-electron chi connectivity index (χ2n) is 5.90. The fourth-order valence-electron chi connectivity index (χ4n) is 2.17. The summed E-state index contributed by atoms with van der Waals surface area (Å²) in [6.45, 7) is -0.580. The summed E-state index contributed by atoms with van der Waals surface area (Å²) in [5.74, 6) is -3.00. The van der Waals surface area contributed by atoms with E-state index in [1.165, 1.54) is 0 Å². The highest BCUT2D eigenvalue weighted by Gasteiger charge is 2.27. The average molecular weight is 429 g/mol. The van der Waals surface area contributed by atoms with Crippen LogP contribution in [0.4, 0.5) is 0 Å². The quantitative estimate of drug-likeness (QED) is 0.215. The molecule has 0 saturated carbocycles. The van der Waals surface area contributed by atoms with Crippen LogP contribution >= 0.6 is 25.3 Å². The number of aliphatic carboxylic acids is 1. The number of hydrogen-bond acceptors (Lipinski definition) is 7. The first-order chi connectivity index (χ1) is 13.3. The van der Waals surface area contributed by atoms with Gasteiger partial charge in [-0.05, 0) is 5.56 Å². The minimum atomic E-state index is -1.21. The van der Waals surface area contributed by atoms with E-state index in [9.17, 15) is 19.2 Å². The Kier molecular flexibility index (Phi) is 10.4. The third-order valence-electron chi connectivity index (χ3n) is 3.68. The summed E-state index contributed by atoms with van der Waals surface area (Å²) >= 11 is 7.98. The van der Waals surface area contributed by atoms with Gasteiger partial charge >= 0.3 is 5.97 Å². The summed E-state index contributed by atoms with van der Waals surface area (Å²) in [5.41, 5.74) is 6.34. The van der Waals surface area contributed by atoms with Crippen molar-refractivity contribution < 1.29 is 24.3 Å². The second-order valence-corrected chi connectivity index (χ2v) is 6.63. The molecular formula is C17H24N4O5S2. The molecule has 3 atom stereocenters. The predicted octanol–water partition coefficient (Wildman–Crippen LogP) is -1.41. The molecule has 0 bridgehead atoms. The molecule has 9 nitrogen and oxygen atoms in total. The summed E-state index contributed by atoms with van der Waals surface area (Å²) in [5, 5.41) is 16.0. The van der Waals surface area contributed by atoms with Crippen LogP contribution in [0.25, 0.3) is 0 Å². The molecule has 0 saturated heterocycles. The van der Waals surface area contributed by atoms with E-state index in [1.807, 2.05) is 0 Å². The highest BCUT2D eigenvalue weighted by atomic mass is 32.1. The topological polar surface area (TPSA) is 151 Å². The molecule has 0 aliphatic rings. The van der Waals surface area contributed by atoms with Gasteiger partial charge in [-0.2, -0.15) is 25.3 Å². The number of nitrogens with two attached hydrogens (primary N) is 1. The zero-order valence-corrected chi connectivity index (χ0v) is 16.8. The molecule has 3 unspecified atom stereocenters. The van der Waals surface area contributed by atoms with Gasteiger partial charge in [0.1, 0.15) is 18.6 Å². The molecule has 0 radical (unpaired) electrons. The lowest BCUT2D eigenvalue weighted by Gasteiger charge is -2.23. The molecule has 1 aromatic carbocycles. The Balaban J connectivity index is 2.86. The summed E-state index contributed by atoms with van der Waals surface area (Å²) in [6, 6.07) is 5.95. The Bertz CT molecular complexity index is 689. The van der Waals surface area contributed by atoms with Crippen LogP contribution in [0.1, 0.15) is 5.56 Å². The number of amides is 3. The SMILES string of the molecule is NC(CS)C(=O)NC(CS)C(=O)NC(Cc1ccccc1)C(=O)NCC(=O)O. The number of carbonyl (C=O) groups excluding carboxylic acids is 3. The predicted molar refractivity (Wildman–Crippen MR) is 110 cm³/mol. The molecule has 6 N–H and O–H groups in total. The van der Waals surface area contributed by atoms with E-state index >= 15 is 0 Å². The number of nitrogens with one attached hydrogen (secondary N) is 3. The monoisotopic (exact) mass is 428 g/mol. The Hall–Kier alpha value is -2.24. The van der Waals surface area contributed by atoms with Crippen molar-refractivity contribution in [3.8, 4) is 0 Å².